The molecule has 3 aromatic rings. The fourth-order valence-corrected chi connectivity index (χ4v) is 3.99. The molecule has 2 aromatic carbocycles. The van der Waals surface area contributed by atoms with Crippen LogP contribution >= 0.6 is 11.6 Å². The van der Waals surface area contributed by atoms with Gasteiger partial charge < -0.3 is 25.2 Å². The normalized spacial score (nSPS) is 17.5. The number of nitrogens with one attached hydrogen (secondary N) is 2. The van der Waals surface area contributed by atoms with Crippen molar-refractivity contribution in [1.82, 2.24) is 9.78 Å². The van der Waals surface area contributed by atoms with Gasteiger partial charge in [0, 0.05) is 11.4 Å². The van der Waals surface area contributed by atoms with Crippen molar-refractivity contribution in [3.63, 3.8) is 0 Å². The van der Waals surface area contributed by atoms with Gasteiger partial charge in [-0.25, -0.2) is 4.68 Å². The Kier molecular flexibility index (Phi) is 6.22. The molecule has 1 amide bonds. The van der Waals surface area contributed by atoms with E-state index in [1.807, 2.05) is 0 Å². The quantitative estimate of drug-likeness (QED) is 0.421. The fourth-order valence-electron chi connectivity index (χ4n) is 3.81. The smallest absolute Gasteiger partial charge is 0.410 e. The van der Waals surface area contributed by atoms with Crippen molar-refractivity contribution >= 4 is 29.0 Å². The molecular weight excluding hydrogens is 477 g/mol. The summed E-state index contributed by atoms with van der Waals surface area (Å²) < 4.78 is 53.1. The van der Waals surface area contributed by atoms with Crippen LogP contribution < -0.4 is 20.1 Å². The number of amides is 1. The van der Waals surface area contributed by atoms with Crippen molar-refractivity contribution in [1.29, 1.82) is 0 Å². The number of ether oxygens (including phenoxy) is 2. The number of phenols is 1. The second-order valence-corrected chi connectivity index (χ2v) is 8.01. The van der Waals surface area contributed by atoms with Crippen molar-refractivity contribution in [3.8, 4) is 17.2 Å². The van der Waals surface area contributed by atoms with E-state index in [9.17, 15) is 23.1 Å². The van der Waals surface area contributed by atoms with Crippen molar-refractivity contribution in [3.05, 3.63) is 58.7 Å². The number of alkyl halides is 3. The van der Waals surface area contributed by atoms with E-state index in [-0.39, 0.29) is 34.3 Å². The number of aromatic hydroxyl groups is 1. The van der Waals surface area contributed by atoms with E-state index in [1.165, 1.54) is 32.4 Å². The molecule has 2 heterocycles. The summed E-state index contributed by atoms with van der Waals surface area (Å²) in [7, 11) is 2.88. The second kappa shape index (κ2) is 8.98. The molecule has 8 nitrogen and oxygen atoms in total. The Morgan fingerprint density at radius 3 is 2.62 bits per heavy atom. The average molecular weight is 497 g/mol. The fraction of sp³-hybridized carbons (Fsp3) is 0.273. The summed E-state index contributed by atoms with van der Waals surface area (Å²) in [6, 6.07) is 6.07. The standard InChI is InChI=1S/C22H20ClF3N4O4/c1-33-17-6-3-11(7-18(17)34-2)14-9-19(22(24,25)26)30-20(28-14)13(10-27-30)21(32)29-15-8-12(23)4-5-16(15)31/h3-8,10,14,19,28,31H,9H2,1-2H3,(H,29,32)/t14-,19+/m1/s1. The number of halogens is 4. The lowest BCUT2D eigenvalue weighted by molar-refractivity contribution is -0.173. The molecule has 0 fully saturated rings. The van der Waals surface area contributed by atoms with E-state index in [2.05, 4.69) is 15.7 Å². The van der Waals surface area contributed by atoms with Crippen LogP contribution in [0.1, 0.15) is 34.4 Å². The number of fused-ring (bicyclic) bond motifs is 1. The molecule has 1 aromatic heterocycles. The molecular formula is C22H20ClF3N4O4. The van der Waals surface area contributed by atoms with Gasteiger partial charge in [-0.05, 0) is 35.9 Å². The zero-order valence-electron chi connectivity index (χ0n) is 18.0. The van der Waals surface area contributed by atoms with E-state index < -0.39 is 24.2 Å². The lowest BCUT2D eigenvalue weighted by Crippen LogP contribution is -2.36. The van der Waals surface area contributed by atoms with Gasteiger partial charge in [-0.3, -0.25) is 4.79 Å². The Morgan fingerprint density at radius 1 is 1.21 bits per heavy atom. The van der Waals surface area contributed by atoms with Crippen LogP contribution in [0.2, 0.25) is 5.02 Å². The van der Waals surface area contributed by atoms with Crippen LogP contribution in [0.4, 0.5) is 24.7 Å². The SMILES string of the molecule is COc1ccc([C@H]2C[C@@H](C(F)(F)F)n3ncc(C(=O)Nc4cc(Cl)ccc4O)c3N2)cc1OC. The second-order valence-electron chi connectivity index (χ2n) is 7.57. The first-order chi connectivity index (χ1) is 16.1. The summed E-state index contributed by atoms with van der Waals surface area (Å²) in [5.74, 6) is -0.324. The van der Waals surface area contributed by atoms with Crippen molar-refractivity contribution in [2.24, 2.45) is 0 Å². The molecule has 0 radical (unpaired) electrons. The predicted octanol–water partition coefficient (Wildman–Crippen LogP) is 5.17. The third kappa shape index (κ3) is 4.43. The van der Waals surface area contributed by atoms with Crippen molar-refractivity contribution in [2.45, 2.75) is 24.7 Å². The maximum Gasteiger partial charge on any atom is 0.410 e. The number of nitrogens with zero attached hydrogens (tertiary/aromatic N) is 2. The Hall–Kier alpha value is -3.60. The minimum Gasteiger partial charge on any atom is -0.506 e. The number of phenolic OH excluding ortho intramolecular Hbond substituents is 1. The van der Waals surface area contributed by atoms with Crippen LogP contribution in [-0.2, 0) is 0 Å². The van der Waals surface area contributed by atoms with Gasteiger partial charge in [-0.1, -0.05) is 17.7 Å². The van der Waals surface area contributed by atoms with Gasteiger partial charge in [-0.2, -0.15) is 18.3 Å². The summed E-state index contributed by atoms with van der Waals surface area (Å²) >= 11 is 5.91. The van der Waals surface area contributed by atoms with E-state index >= 15 is 0 Å². The lowest BCUT2D eigenvalue weighted by Gasteiger charge is -2.34. The number of anilines is 2. The summed E-state index contributed by atoms with van der Waals surface area (Å²) in [6.45, 7) is 0. The highest BCUT2D eigenvalue weighted by molar-refractivity contribution is 6.31. The van der Waals surface area contributed by atoms with Gasteiger partial charge in [0.2, 0.25) is 0 Å². The van der Waals surface area contributed by atoms with E-state index in [1.54, 1.807) is 18.2 Å². The Bertz CT molecular complexity index is 1230. The summed E-state index contributed by atoms with van der Waals surface area (Å²) in [4.78, 5) is 12.9. The van der Waals surface area contributed by atoms with Crippen LogP contribution in [0.3, 0.4) is 0 Å². The first-order valence-electron chi connectivity index (χ1n) is 10.0. The average Bonchev–Trinajstić information content (AvgIpc) is 3.23. The number of rotatable bonds is 5. The van der Waals surface area contributed by atoms with E-state index in [0.29, 0.717) is 17.1 Å². The van der Waals surface area contributed by atoms with Crippen LogP contribution in [0.15, 0.2) is 42.6 Å². The highest BCUT2D eigenvalue weighted by atomic mass is 35.5. The topological polar surface area (TPSA) is 97.6 Å². The first kappa shape index (κ1) is 23.6. The number of aromatic nitrogens is 2. The molecule has 1 aliphatic rings. The van der Waals surface area contributed by atoms with Gasteiger partial charge in [0.15, 0.2) is 17.5 Å². The molecule has 0 saturated heterocycles. The lowest BCUT2D eigenvalue weighted by atomic mass is 9.96. The minimum absolute atomic E-state index is 0.0112. The van der Waals surface area contributed by atoms with E-state index in [4.69, 9.17) is 21.1 Å². The van der Waals surface area contributed by atoms with Gasteiger partial charge in [0.05, 0.1) is 32.1 Å². The van der Waals surface area contributed by atoms with Crippen LogP contribution in [-0.4, -0.2) is 41.2 Å². The monoisotopic (exact) mass is 496 g/mol. The molecule has 34 heavy (non-hydrogen) atoms. The number of hydrogen-bond donors (Lipinski definition) is 3. The van der Waals surface area contributed by atoms with E-state index in [0.717, 1.165) is 10.9 Å². The Labute approximate surface area is 197 Å². The highest BCUT2D eigenvalue weighted by Crippen LogP contribution is 2.45. The molecule has 0 spiro atoms. The Morgan fingerprint density at radius 2 is 1.94 bits per heavy atom. The zero-order valence-corrected chi connectivity index (χ0v) is 18.7. The summed E-state index contributed by atoms with van der Waals surface area (Å²) in [6.07, 6.45) is -3.92. The minimum atomic E-state index is -4.61. The Balaban J connectivity index is 1.71. The molecule has 180 valence electrons. The number of carbonyl (C=O) groups is 1. The largest absolute Gasteiger partial charge is 0.506 e. The zero-order chi connectivity index (χ0) is 24.6. The highest BCUT2D eigenvalue weighted by Gasteiger charge is 2.47. The van der Waals surface area contributed by atoms with Crippen LogP contribution in [0.5, 0.6) is 17.2 Å². The molecule has 0 unspecified atom stereocenters. The number of carbonyl (C=O) groups excluding carboxylic acids is 1. The van der Waals surface area contributed by atoms with Gasteiger partial charge >= 0.3 is 6.18 Å². The van der Waals surface area contributed by atoms with Crippen LogP contribution in [0.25, 0.3) is 0 Å². The van der Waals surface area contributed by atoms with Gasteiger partial charge in [0.25, 0.3) is 5.91 Å². The van der Waals surface area contributed by atoms with Crippen molar-refractivity contribution < 1.29 is 32.5 Å². The molecule has 4 rings (SSSR count). The van der Waals surface area contributed by atoms with Gasteiger partial charge in [0.1, 0.15) is 17.1 Å². The molecule has 2 atom stereocenters. The number of benzene rings is 2. The molecule has 1 aliphatic heterocycles. The first-order valence-corrected chi connectivity index (χ1v) is 10.4. The third-order valence-corrected chi connectivity index (χ3v) is 5.73. The molecule has 0 bridgehead atoms. The molecule has 0 saturated carbocycles. The molecule has 12 heteroatoms. The van der Waals surface area contributed by atoms with Gasteiger partial charge in [-0.15, -0.1) is 0 Å². The maximum absolute atomic E-state index is 13.9. The molecule has 0 aliphatic carbocycles. The summed E-state index contributed by atoms with van der Waals surface area (Å²) in [5, 5.41) is 19.5. The predicted molar refractivity (Wildman–Crippen MR) is 119 cm³/mol. The summed E-state index contributed by atoms with van der Waals surface area (Å²) in [5.41, 5.74) is 0.397. The van der Waals surface area contributed by atoms with Crippen LogP contribution in [0, 0.1) is 0 Å². The van der Waals surface area contributed by atoms with Crippen molar-refractivity contribution in [2.75, 3.05) is 24.9 Å². The number of hydrogen-bond acceptors (Lipinski definition) is 6. The maximum atomic E-state index is 13.9. The third-order valence-electron chi connectivity index (χ3n) is 5.50. The molecule has 3 N–H and O–H groups in total. The number of methoxy groups -OCH3 is 2.